The highest BCUT2D eigenvalue weighted by Crippen LogP contribution is 2.38. The zero-order valence-electron chi connectivity index (χ0n) is 17.6. The largest absolute Gasteiger partial charge is 0.346 e. The molecule has 0 aliphatic carbocycles. The molecule has 1 fully saturated rings. The number of hydrogen-bond donors (Lipinski definition) is 2. The second-order valence-corrected chi connectivity index (χ2v) is 8.65. The molecule has 31 heavy (non-hydrogen) atoms. The smallest absolute Gasteiger partial charge is 0.0788 e. The van der Waals surface area contributed by atoms with Crippen molar-refractivity contribution < 1.29 is 0 Å². The van der Waals surface area contributed by atoms with Crippen molar-refractivity contribution in [1.82, 2.24) is 25.1 Å². The van der Waals surface area contributed by atoms with E-state index in [2.05, 4.69) is 81.7 Å². The SMILES string of the molecule is Cc1ccc(-c2ncc3c(ccn3C[C@@H]3CCNC3)c2-c2ccc3[nH]ncc3c2)cc1. The Labute approximate surface area is 181 Å². The molecule has 5 heteroatoms. The predicted molar refractivity (Wildman–Crippen MR) is 126 cm³/mol. The highest BCUT2D eigenvalue weighted by Gasteiger charge is 2.19. The van der Waals surface area contributed by atoms with E-state index < -0.39 is 0 Å². The van der Waals surface area contributed by atoms with Crippen molar-refractivity contribution in [2.45, 2.75) is 19.9 Å². The maximum atomic E-state index is 5.00. The van der Waals surface area contributed by atoms with E-state index in [1.807, 2.05) is 12.4 Å². The van der Waals surface area contributed by atoms with Crippen LogP contribution in [0.2, 0.25) is 0 Å². The van der Waals surface area contributed by atoms with Crippen LogP contribution in [0, 0.1) is 12.8 Å². The minimum absolute atomic E-state index is 0.679. The van der Waals surface area contributed by atoms with Crippen molar-refractivity contribution in [2.75, 3.05) is 13.1 Å². The van der Waals surface area contributed by atoms with Gasteiger partial charge in [0.2, 0.25) is 0 Å². The summed E-state index contributed by atoms with van der Waals surface area (Å²) in [6.07, 6.45) is 7.39. The Balaban J connectivity index is 1.56. The minimum Gasteiger partial charge on any atom is -0.346 e. The van der Waals surface area contributed by atoms with Crippen molar-refractivity contribution in [3.05, 3.63) is 72.7 Å². The number of rotatable bonds is 4. The number of aromatic amines is 1. The predicted octanol–water partition coefficient (Wildman–Crippen LogP) is 5.16. The monoisotopic (exact) mass is 407 g/mol. The van der Waals surface area contributed by atoms with E-state index in [4.69, 9.17) is 4.98 Å². The molecule has 0 unspecified atom stereocenters. The van der Waals surface area contributed by atoms with E-state index in [9.17, 15) is 0 Å². The Morgan fingerprint density at radius 3 is 2.74 bits per heavy atom. The molecule has 3 aromatic heterocycles. The molecule has 1 aliphatic rings. The topological polar surface area (TPSA) is 58.5 Å². The van der Waals surface area contributed by atoms with Gasteiger partial charge in [-0.1, -0.05) is 35.9 Å². The fourth-order valence-corrected chi connectivity index (χ4v) is 4.79. The summed E-state index contributed by atoms with van der Waals surface area (Å²) < 4.78 is 2.37. The summed E-state index contributed by atoms with van der Waals surface area (Å²) in [5, 5.41) is 13.1. The van der Waals surface area contributed by atoms with Crippen LogP contribution in [0.1, 0.15) is 12.0 Å². The van der Waals surface area contributed by atoms with E-state index in [0.717, 1.165) is 41.8 Å². The van der Waals surface area contributed by atoms with Gasteiger partial charge in [-0.05, 0) is 56.1 Å². The standard InChI is InChI=1S/C26H25N5/c1-17-2-4-19(5-3-17)26-25(20-6-7-23-21(12-20)14-29-30-23)22-9-11-31(24(22)15-28-26)16-18-8-10-27-13-18/h2-7,9,11-12,14-15,18,27H,8,10,13,16H2,1H3,(H,29,30)/t18-/m1/s1. The summed E-state index contributed by atoms with van der Waals surface area (Å²) in [6, 6.07) is 17.4. The van der Waals surface area contributed by atoms with E-state index in [-0.39, 0.29) is 0 Å². The number of fused-ring (bicyclic) bond motifs is 2. The first-order chi connectivity index (χ1) is 15.3. The van der Waals surface area contributed by atoms with Gasteiger partial charge in [-0.2, -0.15) is 5.10 Å². The Morgan fingerprint density at radius 2 is 1.90 bits per heavy atom. The molecule has 1 atom stereocenters. The quantitative estimate of drug-likeness (QED) is 0.432. The van der Waals surface area contributed by atoms with Crippen LogP contribution in [0.5, 0.6) is 0 Å². The summed E-state index contributed by atoms with van der Waals surface area (Å²) >= 11 is 0. The molecular weight excluding hydrogens is 382 g/mol. The van der Waals surface area contributed by atoms with Gasteiger partial charge in [0.05, 0.1) is 29.1 Å². The second-order valence-electron chi connectivity index (χ2n) is 8.65. The van der Waals surface area contributed by atoms with Gasteiger partial charge in [-0.3, -0.25) is 10.1 Å². The molecule has 0 spiro atoms. The molecule has 1 aliphatic heterocycles. The number of aromatic nitrogens is 4. The zero-order chi connectivity index (χ0) is 20.8. The first-order valence-corrected chi connectivity index (χ1v) is 11.0. The number of nitrogens with one attached hydrogen (secondary N) is 2. The van der Waals surface area contributed by atoms with Gasteiger partial charge in [-0.25, -0.2) is 0 Å². The van der Waals surface area contributed by atoms with Gasteiger partial charge in [-0.15, -0.1) is 0 Å². The van der Waals surface area contributed by atoms with Crippen LogP contribution < -0.4 is 5.32 Å². The maximum absolute atomic E-state index is 5.00. The van der Waals surface area contributed by atoms with E-state index in [1.54, 1.807) is 0 Å². The fraction of sp³-hybridized carbons (Fsp3) is 0.231. The Kier molecular flexibility index (Phi) is 4.35. The first kappa shape index (κ1) is 18.3. The molecule has 5 aromatic rings. The zero-order valence-corrected chi connectivity index (χ0v) is 17.6. The van der Waals surface area contributed by atoms with E-state index in [1.165, 1.54) is 34.0 Å². The van der Waals surface area contributed by atoms with Crippen LogP contribution in [0.25, 0.3) is 44.2 Å². The van der Waals surface area contributed by atoms with Crippen LogP contribution in [0.3, 0.4) is 0 Å². The molecule has 0 amide bonds. The normalized spacial score (nSPS) is 16.5. The minimum atomic E-state index is 0.679. The third-order valence-electron chi connectivity index (χ3n) is 6.50. The lowest BCUT2D eigenvalue weighted by Gasteiger charge is -2.14. The number of nitrogens with zero attached hydrogens (tertiary/aromatic N) is 3. The molecule has 4 heterocycles. The second kappa shape index (κ2) is 7.36. The number of pyridine rings is 1. The van der Waals surface area contributed by atoms with Crippen LogP contribution in [-0.4, -0.2) is 32.8 Å². The first-order valence-electron chi connectivity index (χ1n) is 11.0. The lowest BCUT2D eigenvalue weighted by molar-refractivity contribution is 0.491. The highest BCUT2D eigenvalue weighted by atomic mass is 15.1. The molecule has 0 radical (unpaired) electrons. The van der Waals surface area contributed by atoms with Gasteiger partial charge in [0.25, 0.3) is 0 Å². The molecule has 1 saturated heterocycles. The summed E-state index contributed by atoms with van der Waals surface area (Å²) in [4.78, 5) is 5.00. The summed E-state index contributed by atoms with van der Waals surface area (Å²) in [6.45, 7) is 5.36. The van der Waals surface area contributed by atoms with Crippen LogP contribution in [0.4, 0.5) is 0 Å². The van der Waals surface area contributed by atoms with Gasteiger partial charge in [0.15, 0.2) is 0 Å². The average molecular weight is 408 g/mol. The van der Waals surface area contributed by atoms with Gasteiger partial charge in [0, 0.05) is 34.6 Å². The summed E-state index contributed by atoms with van der Waals surface area (Å²) in [5.74, 6) is 0.679. The lowest BCUT2D eigenvalue weighted by Crippen LogP contribution is -2.14. The van der Waals surface area contributed by atoms with Crippen molar-refractivity contribution in [1.29, 1.82) is 0 Å². The Hall–Kier alpha value is -3.44. The van der Waals surface area contributed by atoms with Gasteiger partial charge in [0.1, 0.15) is 0 Å². The number of hydrogen-bond acceptors (Lipinski definition) is 3. The van der Waals surface area contributed by atoms with Gasteiger partial charge >= 0.3 is 0 Å². The van der Waals surface area contributed by atoms with Crippen LogP contribution >= 0.6 is 0 Å². The summed E-state index contributed by atoms with van der Waals surface area (Å²) in [7, 11) is 0. The van der Waals surface area contributed by atoms with Crippen molar-refractivity contribution in [2.24, 2.45) is 5.92 Å². The van der Waals surface area contributed by atoms with Crippen molar-refractivity contribution in [3.8, 4) is 22.4 Å². The molecule has 6 rings (SSSR count). The number of benzene rings is 2. The van der Waals surface area contributed by atoms with E-state index in [0.29, 0.717) is 5.92 Å². The molecule has 0 saturated carbocycles. The molecular formula is C26H25N5. The highest BCUT2D eigenvalue weighted by molar-refractivity contribution is 6.03. The third kappa shape index (κ3) is 3.22. The Bertz CT molecular complexity index is 1370. The summed E-state index contributed by atoms with van der Waals surface area (Å²) in [5.41, 5.74) is 8.02. The van der Waals surface area contributed by atoms with Gasteiger partial charge < -0.3 is 9.88 Å². The fourth-order valence-electron chi connectivity index (χ4n) is 4.79. The number of H-pyrrole nitrogens is 1. The maximum Gasteiger partial charge on any atom is 0.0788 e. The molecule has 2 N–H and O–H groups in total. The molecule has 0 bridgehead atoms. The van der Waals surface area contributed by atoms with Crippen LogP contribution in [-0.2, 0) is 6.54 Å². The van der Waals surface area contributed by atoms with Crippen molar-refractivity contribution in [3.63, 3.8) is 0 Å². The third-order valence-corrected chi connectivity index (χ3v) is 6.50. The Morgan fingerprint density at radius 1 is 1.03 bits per heavy atom. The number of aryl methyl sites for hydroxylation is 1. The van der Waals surface area contributed by atoms with Crippen molar-refractivity contribution >= 4 is 21.8 Å². The van der Waals surface area contributed by atoms with E-state index >= 15 is 0 Å². The average Bonchev–Trinajstić information content (AvgIpc) is 3.55. The van der Waals surface area contributed by atoms with Crippen LogP contribution in [0.15, 0.2) is 67.1 Å². The molecule has 154 valence electrons. The lowest BCUT2D eigenvalue weighted by atomic mass is 9.95. The molecule has 5 nitrogen and oxygen atoms in total. The molecule has 2 aromatic carbocycles.